The molecule has 36 heavy (non-hydrogen) atoms. The number of hydrogen-bond acceptors (Lipinski definition) is 7. The number of nitrogens with one attached hydrogen (secondary N) is 1. The lowest BCUT2D eigenvalue weighted by molar-refractivity contribution is 0.111. The van der Waals surface area contributed by atoms with Crippen molar-refractivity contribution in [2.45, 2.75) is 6.61 Å². The molecule has 0 saturated heterocycles. The predicted molar refractivity (Wildman–Crippen MR) is 138 cm³/mol. The minimum atomic E-state index is -0.315. The number of hydrogen-bond donors (Lipinski definition) is 1. The summed E-state index contributed by atoms with van der Waals surface area (Å²) in [5.74, 6) is 6.84. The standard InChI is InChI=1S/C27H16ClFN4O2S/c28-23-12-20(8-10-25(23)35-15-17-3-1-4-18(29)11-17)33-27-26-24(30-16-31-27)13-22(36-26)9-7-19-5-2-6-21(14-34)32-19/h1-6,8,10-14,16H,15H2,(H,30,31,33). The predicted octanol–water partition coefficient (Wildman–Crippen LogP) is 6.41. The lowest BCUT2D eigenvalue weighted by Crippen LogP contribution is -1.98. The average Bonchev–Trinajstić information content (AvgIpc) is 3.31. The van der Waals surface area contributed by atoms with Gasteiger partial charge in [-0.3, -0.25) is 4.79 Å². The first-order valence-electron chi connectivity index (χ1n) is 10.7. The molecule has 0 amide bonds. The Morgan fingerprint density at radius 3 is 2.78 bits per heavy atom. The maximum Gasteiger partial charge on any atom is 0.168 e. The van der Waals surface area contributed by atoms with E-state index in [1.54, 1.807) is 42.5 Å². The number of carbonyl (C=O) groups is 1. The van der Waals surface area contributed by atoms with Gasteiger partial charge < -0.3 is 10.1 Å². The first kappa shape index (κ1) is 23.4. The first-order chi connectivity index (χ1) is 17.6. The van der Waals surface area contributed by atoms with E-state index in [2.05, 4.69) is 32.1 Å². The zero-order chi connectivity index (χ0) is 24.9. The molecule has 5 rings (SSSR count). The Hall–Kier alpha value is -4.32. The minimum absolute atomic E-state index is 0.199. The molecule has 0 aliphatic carbocycles. The second-order valence-electron chi connectivity index (χ2n) is 7.55. The molecule has 9 heteroatoms. The highest BCUT2D eigenvalue weighted by Gasteiger charge is 2.10. The third-order valence-electron chi connectivity index (χ3n) is 4.99. The monoisotopic (exact) mass is 514 g/mol. The van der Waals surface area contributed by atoms with E-state index >= 15 is 0 Å². The van der Waals surface area contributed by atoms with Crippen molar-refractivity contribution in [1.29, 1.82) is 0 Å². The summed E-state index contributed by atoms with van der Waals surface area (Å²) in [4.78, 5) is 24.6. The molecular formula is C27H16ClFN4O2S. The van der Waals surface area contributed by atoms with Crippen LogP contribution in [-0.4, -0.2) is 21.2 Å². The summed E-state index contributed by atoms with van der Waals surface area (Å²) in [6.07, 6.45) is 2.16. The van der Waals surface area contributed by atoms with Gasteiger partial charge in [-0.05, 0) is 65.9 Å². The van der Waals surface area contributed by atoms with Crippen LogP contribution in [-0.2, 0) is 6.61 Å². The van der Waals surface area contributed by atoms with Crippen LogP contribution in [0.25, 0.3) is 10.2 Å². The summed E-state index contributed by atoms with van der Waals surface area (Å²) < 4.78 is 19.9. The average molecular weight is 515 g/mol. The van der Waals surface area contributed by atoms with Crippen LogP contribution in [0.4, 0.5) is 15.9 Å². The fraction of sp³-hybridized carbons (Fsp3) is 0.0370. The van der Waals surface area contributed by atoms with Gasteiger partial charge in [0.1, 0.15) is 35.9 Å². The summed E-state index contributed by atoms with van der Waals surface area (Å²) >= 11 is 7.86. The van der Waals surface area contributed by atoms with Crippen molar-refractivity contribution in [3.63, 3.8) is 0 Å². The zero-order valence-corrected chi connectivity index (χ0v) is 20.1. The molecule has 0 bridgehead atoms. The van der Waals surface area contributed by atoms with Crippen molar-refractivity contribution in [3.8, 4) is 17.6 Å². The number of ether oxygens (including phenoxy) is 1. The van der Waals surface area contributed by atoms with E-state index in [0.717, 1.165) is 15.1 Å². The number of pyridine rings is 1. The van der Waals surface area contributed by atoms with Gasteiger partial charge in [0, 0.05) is 5.69 Å². The van der Waals surface area contributed by atoms with Crippen LogP contribution in [0.2, 0.25) is 5.02 Å². The summed E-state index contributed by atoms with van der Waals surface area (Å²) in [6.45, 7) is 0.199. The highest BCUT2D eigenvalue weighted by molar-refractivity contribution is 7.20. The van der Waals surface area contributed by atoms with Gasteiger partial charge in [0.2, 0.25) is 0 Å². The molecular weight excluding hydrogens is 499 g/mol. The Labute approximate surface area is 214 Å². The summed E-state index contributed by atoms with van der Waals surface area (Å²) in [5, 5.41) is 3.68. The fourth-order valence-electron chi connectivity index (χ4n) is 3.34. The van der Waals surface area contributed by atoms with Crippen LogP contribution >= 0.6 is 22.9 Å². The van der Waals surface area contributed by atoms with Crippen LogP contribution in [0.1, 0.15) is 26.6 Å². The SMILES string of the molecule is O=Cc1cccc(C#Cc2cc3ncnc(Nc4ccc(OCc5cccc(F)c5)c(Cl)c4)c3s2)n1. The molecule has 0 radical (unpaired) electrons. The van der Waals surface area contributed by atoms with E-state index in [4.69, 9.17) is 16.3 Å². The van der Waals surface area contributed by atoms with Crippen LogP contribution in [0.3, 0.4) is 0 Å². The highest BCUT2D eigenvalue weighted by atomic mass is 35.5. The lowest BCUT2D eigenvalue weighted by atomic mass is 10.2. The van der Waals surface area contributed by atoms with Crippen molar-refractivity contribution in [3.05, 3.63) is 106 Å². The molecule has 0 spiro atoms. The van der Waals surface area contributed by atoms with Crippen molar-refractivity contribution in [2.24, 2.45) is 0 Å². The summed E-state index contributed by atoms with van der Waals surface area (Å²) in [7, 11) is 0. The lowest BCUT2D eigenvalue weighted by Gasteiger charge is -2.11. The molecule has 0 unspecified atom stereocenters. The van der Waals surface area contributed by atoms with Gasteiger partial charge in [0.25, 0.3) is 0 Å². The number of aldehydes is 1. The van der Waals surface area contributed by atoms with Gasteiger partial charge in [0.05, 0.1) is 20.1 Å². The highest BCUT2D eigenvalue weighted by Crippen LogP contribution is 2.33. The van der Waals surface area contributed by atoms with E-state index in [0.29, 0.717) is 45.5 Å². The molecule has 0 fully saturated rings. The van der Waals surface area contributed by atoms with Crippen molar-refractivity contribution in [2.75, 3.05) is 5.32 Å². The molecule has 0 aliphatic rings. The van der Waals surface area contributed by atoms with Crippen LogP contribution in [0.15, 0.2) is 73.1 Å². The largest absolute Gasteiger partial charge is 0.487 e. The second-order valence-corrected chi connectivity index (χ2v) is 9.01. The van der Waals surface area contributed by atoms with E-state index in [9.17, 15) is 9.18 Å². The molecule has 176 valence electrons. The first-order valence-corrected chi connectivity index (χ1v) is 11.9. The van der Waals surface area contributed by atoms with E-state index in [-0.39, 0.29) is 12.4 Å². The molecule has 0 aliphatic heterocycles. The number of nitrogens with zero attached hydrogens (tertiary/aromatic N) is 3. The summed E-state index contributed by atoms with van der Waals surface area (Å²) in [5.41, 5.74) is 3.02. The molecule has 0 atom stereocenters. The Kier molecular flexibility index (Phi) is 6.85. The number of thiophene rings is 1. The maximum absolute atomic E-state index is 13.4. The number of carbonyl (C=O) groups excluding carboxylic acids is 1. The molecule has 3 heterocycles. The quantitative estimate of drug-likeness (QED) is 0.208. The van der Waals surface area contributed by atoms with Crippen molar-refractivity contribution >= 4 is 50.9 Å². The molecule has 6 nitrogen and oxygen atoms in total. The second kappa shape index (κ2) is 10.5. The summed E-state index contributed by atoms with van der Waals surface area (Å²) in [6, 6.07) is 18.5. The number of rotatable bonds is 6. The molecule has 2 aromatic carbocycles. The Morgan fingerprint density at radius 2 is 1.94 bits per heavy atom. The van der Waals surface area contributed by atoms with Crippen molar-refractivity contribution < 1.29 is 13.9 Å². The van der Waals surface area contributed by atoms with Crippen molar-refractivity contribution in [1.82, 2.24) is 15.0 Å². The smallest absolute Gasteiger partial charge is 0.168 e. The fourth-order valence-corrected chi connectivity index (χ4v) is 4.48. The third kappa shape index (κ3) is 5.49. The van der Waals surface area contributed by atoms with E-state index in [1.165, 1.54) is 29.8 Å². The van der Waals surface area contributed by atoms with Gasteiger partial charge in [-0.1, -0.05) is 29.8 Å². The maximum atomic E-state index is 13.4. The molecule has 0 saturated carbocycles. The topological polar surface area (TPSA) is 77.0 Å². The number of fused-ring (bicyclic) bond motifs is 1. The number of halogens is 2. The van der Waals surface area contributed by atoms with Gasteiger partial charge in [-0.25, -0.2) is 19.3 Å². The van der Waals surface area contributed by atoms with Gasteiger partial charge in [-0.2, -0.15) is 0 Å². The molecule has 5 aromatic rings. The Balaban J connectivity index is 1.33. The number of anilines is 2. The number of aromatic nitrogens is 3. The van der Waals surface area contributed by atoms with Crippen LogP contribution in [0, 0.1) is 17.7 Å². The molecule has 3 aromatic heterocycles. The van der Waals surface area contributed by atoms with Gasteiger partial charge in [-0.15, -0.1) is 11.3 Å². The normalized spacial score (nSPS) is 10.5. The van der Waals surface area contributed by atoms with E-state index in [1.807, 2.05) is 12.1 Å². The Bertz CT molecular complexity index is 1640. The van der Waals surface area contributed by atoms with Gasteiger partial charge in [0.15, 0.2) is 12.1 Å². The van der Waals surface area contributed by atoms with Gasteiger partial charge >= 0.3 is 0 Å². The Morgan fingerprint density at radius 1 is 1.06 bits per heavy atom. The van der Waals surface area contributed by atoms with Crippen LogP contribution in [0.5, 0.6) is 5.75 Å². The zero-order valence-electron chi connectivity index (χ0n) is 18.5. The van der Waals surface area contributed by atoms with Crippen LogP contribution < -0.4 is 10.1 Å². The third-order valence-corrected chi connectivity index (χ3v) is 6.34. The minimum Gasteiger partial charge on any atom is -0.487 e. The van der Waals surface area contributed by atoms with E-state index < -0.39 is 0 Å². The number of benzene rings is 2. The molecule has 1 N–H and O–H groups in total.